The first-order valence-corrected chi connectivity index (χ1v) is 14.9. The van der Waals surface area contributed by atoms with Crippen LogP contribution in [-0.2, 0) is 14.2 Å². The second-order valence-corrected chi connectivity index (χ2v) is 11.6. The van der Waals surface area contributed by atoms with Gasteiger partial charge in [-0.2, -0.15) is 0 Å². The second-order valence-electron chi connectivity index (χ2n) is 11.6. The van der Waals surface area contributed by atoms with Crippen LogP contribution >= 0.6 is 0 Å². The molecule has 3 unspecified atom stereocenters. The van der Waals surface area contributed by atoms with Gasteiger partial charge in [-0.3, -0.25) is 0 Å². The molecule has 1 N–H and O–H groups in total. The predicted molar refractivity (Wildman–Crippen MR) is 176 cm³/mol. The monoisotopic (exact) mass is 577 g/mol. The fourth-order valence-electron chi connectivity index (χ4n) is 4.71. The van der Waals surface area contributed by atoms with E-state index in [9.17, 15) is 5.11 Å². The quantitative estimate of drug-likeness (QED) is 0.165. The minimum atomic E-state index is -0.469. The zero-order valence-corrected chi connectivity index (χ0v) is 26.8. The Kier molecular flexibility index (Phi) is 13.1. The third-order valence-electron chi connectivity index (χ3n) is 7.31. The third-order valence-corrected chi connectivity index (χ3v) is 7.31. The first-order valence-electron chi connectivity index (χ1n) is 14.9. The van der Waals surface area contributed by atoms with Gasteiger partial charge in [0.25, 0.3) is 0 Å². The number of hydrogen-bond donors (Lipinski definition) is 1. The highest BCUT2D eigenvalue weighted by Gasteiger charge is 2.18. The van der Waals surface area contributed by atoms with Crippen LogP contribution in [0.25, 0.3) is 0 Å². The van der Waals surface area contributed by atoms with E-state index in [0.717, 1.165) is 12.2 Å². The Labute approximate surface area is 253 Å². The molecular weight excluding hydrogens is 526 g/mol. The molecule has 0 radical (unpaired) electrons. The van der Waals surface area contributed by atoms with Crippen LogP contribution in [0.3, 0.4) is 0 Å². The number of benzene rings is 3. The standard InChI is InChI=1S/C35H51N3O4/c1-26(39)23-41-28(3)25-42-27(2)24-40-22-21-38(8)34-19-13-31(14-20-34)35(29-9-15-32(16-10-29)36(4)5)30-11-17-33(18-12-30)37(6)7/h9-20,26-28,35,39H,21-25H2,1-8H3. The lowest BCUT2D eigenvalue weighted by Gasteiger charge is -2.24. The summed E-state index contributed by atoms with van der Waals surface area (Å²) >= 11 is 0. The van der Waals surface area contributed by atoms with Gasteiger partial charge >= 0.3 is 0 Å². The van der Waals surface area contributed by atoms with Gasteiger partial charge in [0.05, 0.1) is 44.7 Å². The van der Waals surface area contributed by atoms with Crippen LogP contribution in [0, 0.1) is 0 Å². The number of anilines is 3. The van der Waals surface area contributed by atoms with E-state index in [1.807, 2.05) is 13.8 Å². The Morgan fingerprint density at radius 1 is 0.571 bits per heavy atom. The van der Waals surface area contributed by atoms with E-state index in [-0.39, 0.29) is 18.1 Å². The zero-order chi connectivity index (χ0) is 30.6. The van der Waals surface area contributed by atoms with E-state index < -0.39 is 6.10 Å². The van der Waals surface area contributed by atoms with E-state index in [2.05, 4.69) is 123 Å². The number of rotatable bonds is 17. The lowest BCUT2D eigenvalue weighted by molar-refractivity contribution is -0.0694. The maximum absolute atomic E-state index is 9.34. The summed E-state index contributed by atoms with van der Waals surface area (Å²) in [6.45, 7) is 8.36. The van der Waals surface area contributed by atoms with Gasteiger partial charge in [0.2, 0.25) is 0 Å². The molecule has 3 aromatic rings. The van der Waals surface area contributed by atoms with Crippen molar-refractivity contribution in [1.82, 2.24) is 0 Å². The van der Waals surface area contributed by atoms with Crippen molar-refractivity contribution < 1.29 is 19.3 Å². The molecule has 0 spiro atoms. The predicted octanol–water partition coefficient (Wildman–Crippen LogP) is 5.64. The Morgan fingerprint density at radius 3 is 1.40 bits per heavy atom. The number of aliphatic hydroxyl groups excluding tert-OH is 1. The van der Waals surface area contributed by atoms with Gasteiger partial charge in [-0.15, -0.1) is 0 Å². The fraction of sp³-hybridized carbons (Fsp3) is 0.486. The highest BCUT2D eigenvalue weighted by Crippen LogP contribution is 2.34. The lowest BCUT2D eigenvalue weighted by atomic mass is 9.85. The van der Waals surface area contributed by atoms with Crippen molar-refractivity contribution in [3.63, 3.8) is 0 Å². The van der Waals surface area contributed by atoms with Gasteiger partial charge in [-0.05, 0) is 73.9 Å². The highest BCUT2D eigenvalue weighted by atomic mass is 16.6. The minimum absolute atomic E-state index is 0.0253. The average molecular weight is 578 g/mol. The molecule has 0 aliphatic heterocycles. The van der Waals surface area contributed by atoms with E-state index in [1.165, 1.54) is 28.1 Å². The normalized spacial score (nSPS) is 13.6. The Hall–Kier alpha value is -3.10. The molecule has 0 aromatic heterocycles. The molecule has 0 bridgehead atoms. The van der Waals surface area contributed by atoms with Crippen molar-refractivity contribution in [2.45, 2.75) is 45.0 Å². The second kappa shape index (κ2) is 16.5. The molecule has 7 nitrogen and oxygen atoms in total. The van der Waals surface area contributed by atoms with Crippen LogP contribution in [0.4, 0.5) is 17.1 Å². The van der Waals surface area contributed by atoms with Gasteiger partial charge < -0.3 is 34.0 Å². The Balaban J connectivity index is 1.60. The molecule has 0 amide bonds. The molecule has 3 aromatic carbocycles. The van der Waals surface area contributed by atoms with E-state index in [1.54, 1.807) is 6.92 Å². The molecule has 0 fully saturated rings. The summed E-state index contributed by atoms with van der Waals surface area (Å²) in [7, 11) is 10.4. The molecule has 42 heavy (non-hydrogen) atoms. The molecular formula is C35H51N3O4. The van der Waals surface area contributed by atoms with Crippen LogP contribution < -0.4 is 14.7 Å². The van der Waals surface area contributed by atoms with Crippen molar-refractivity contribution in [2.24, 2.45) is 0 Å². The van der Waals surface area contributed by atoms with Crippen molar-refractivity contribution in [1.29, 1.82) is 0 Å². The summed E-state index contributed by atoms with van der Waals surface area (Å²) in [5, 5.41) is 9.34. The summed E-state index contributed by atoms with van der Waals surface area (Å²) in [6.07, 6.45) is -0.558. The maximum atomic E-state index is 9.34. The maximum Gasteiger partial charge on any atom is 0.0781 e. The first kappa shape index (κ1) is 33.4. The molecule has 0 saturated carbocycles. The first-order chi connectivity index (χ1) is 20.0. The van der Waals surface area contributed by atoms with Gasteiger partial charge in [0.15, 0.2) is 0 Å². The van der Waals surface area contributed by atoms with Crippen molar-refractivity contribution >= 4 is 17.1 Å². The van der Waals surface area contributed by atoms with Gasteiger partial charge in [0, 0.05) is 64.8 Å². The summed E-state index contributed by atoms with van der Waals surface area (Å²) in [6, 6.07) is 26.6. The van der Waals surface area contributed by atoms with Gasteiger partial charge in [-0.1, -0.05) is 36.4 Å². The van der Waals surface area contributed by atoms with Crippen LogP contribution in [0.5, 0.6) is 0 Å². The number of aliphatic hydroxyl groups is 1. The van der Waals surface area contributed by atoms with Crippen molar-refractivity contribution in [2.75, 3.05) is 82.9 Å². The van der Waals surface area contributed by atoms with Crippen LogP contribution in [0.15, 0.2) is 72.8 Å². The number of hydrogen-bond acceptors (Lipinski definition) is 7. The molecule has 3 rings (SSSR count). The minimum Gasteiger partial charge on any atom is -0.391 e. The Bertz CT molecular complexity index is 1110. The van der Waals surface area contributed by atoms with Crippen LogP contribution in [0.2, 0.25) is 0 Å². The highest BCUT2D eigenvalue weighted by molar-refractivity contribution is 5.55. The number of nitrogens with zero attached hydrogens (tertiary/aromatic N) is 3. The largest absolute Gasteiger partial charge is 0.391 e. The number of likely N-dealkylation sites (N-methyl/N-ethyl adjacent to an activating group) is 1. The Morgan fingerprint density at radius 2 is 0.976 bits per heavy atom. The summed E-state index contributed by atoms with van der Waals surface area (Å²) in [4.78, 5) is 6.47. The van der Waals surface area contributed by atoms with Gasteiger partial charge in [-0.25, -0.2) is 0 Å². The van der Waals surface area contributed by atoms with Crippen molar-refractivity contribution in [3.8, 4) is 0 Å². The molecule has 0 aliphatic carbocycles. The average Bonchev–Trinajstić information content (AvgIpc) is 2.98. The fourth-order valence-corrected chi connectivity index (χ4v) is 4.71. The molecule has 7 heteroatoms. The van der Waals surface area contributed by atoms with E-state index in [4.69, 9.17) is 14.2 Å². The van der Waals surface area contributed by atoms with Crippen LogP contribution in [0.1, 0.15) is 43.4 Å². The summed E-state index contributed by atoms with van der Waals surface area (Å²) in [5.74, 6) is 0.141. The van der Waals surface area contributed by atoms with Gasteiger partial charge in [0.1, 0.15) is 0 Å². The molecule has 0 heterocycles. The molecule has 0 saturated heterocycles. The molecule has 230 valence electrons. The van der Waals surface area contributed by atoms with E-state index in [0.29, 0.717) is 26.4 Å². The van der Waals surface area contributed by atoms with Crippen molar-refractivity contribution in [3.05, 3.63) is 89.5 Å². The van der Waals surface area contributed by atoms with E-state index >= 15 is 0 Å². The lowest BCUT2D eigenvalue weighted by Crippen LogP contribution is -2.27. The third kappa shape index (κ3) is 10.3. The smallest absolute Gasteiger partial charge is 0.0781 e. The topological polar surface area (TPSA) is 57.6 Å². The summed E-state index contributed by atoms with van der Waals surface area (Å²) < 4.78 is 17.3. The molecule has 0 aliphatic rings. The molecule has 3 atom stereocenters. The SMILES string of the molecule is CC(O)COC(C)COC(C)COCCN(C)c1ccc(C(c2ccc(N(C)C)cc2)c2ccc(N(C)C)cc2)cc1. The summed E-state index contributed by atoms with van der Waals surface area (Å²) in [5.41, 5.74) is 7.34. The zero-order valence-electron chi connectivity index (χ0n) is 26.8. The van der Waals surface area contributed by atoms with Crippen LogP contribution in [-0.4, -0.2) is 91.6 Å². The number of ether oxygens (including phenoxy) is 3.